The van der Waals surface area contributed by atoms with Gasteiger partial charge in [0.1, 0.15) is 0 Å². The number of hydrazone groups is 1. The summed E-state index contributed by atoms with van der Waals surface area (Å²) in [6.07, 6.45) is 4.26. The molecule has 172 valence electrons. The van der Waals surface area contributed by atoms with Gasteiger partial charge in [0.25, 0.3) is 0 Å². The number of hydrogen-bond acceptors (Lipinski definition) is 9. The summed E-state index contributed by atoms with van der Waals surface area (Å²) in [5.41, 5.74) is 4.87. The van der Waals surface area contributed by atoms with E-state index in [1.165, 1.54) is 0 Å². The third kappa shape index (κ3) is 4.84. The Morgan fingerprint density at radius 3 is 2.75 bits per heavy atom. The quantitative estimate of drug-likeness (QED) is 0.581. The maximum atomic E-state index is 12.5. The number of aryl methyl sites for hydroxylation is 1. The molecule has 32 heavy (non-hydrogen) atoms. The van der Waals surface area contributed by atoms with Gasteiger partial charge < -0.3 is 19.6 Å². The van der Waals surface area contributed by atoms with Gasteiger partial charge in [0, 0.05) is 26.2 Å². The van der Waals surface area contributed by atoms with Crippen LogP contribution in [-0.4, -0.2) is 81.3 Å². The van der Waals surface area contributed by atoms with Crippen LogP contribution in [0.1, 0.15) is 42.6 Å². The largest absolute Gasteiger partial charge is 0.379 e. The second-order valence-corrected chi connectivity index (χ2v) is 8.30. The number of aliphatic hydroxyl groups excluding tert-OH is 1. The topological polar surface area (TPSA) is 121 Å². The van der Waals surface area contributed by atoms with Gasteiger partial charge in [-0.15, -0.1) is 0 Å². The molecular formula is C20H27ClN8O3. The Bertz CT molecular complexity index is 972. The zero-order valence-electron chi connectivity index (χ0n) is 18.1. The highest BCUT2D eigenvalue weighted by Crippen LogP contribution is 2.24. The first-order chi connectivity index (χ1) is 15.4. The predicted octanol–water partition coefficient (Wildman–Crippen LogP) is 0.879. The van der Waals surface area contributed by atoms with Gasteiger partial charge in [0.05, 0.1) is 66.3 Å². The number of nitrogens with zero attached hydrogens (tertiary/aromatic N) is 7. The Morgan fingerprint density at radius 2 is 2.03 bits per heavy atom. The average Bonchev–Trinajstić information content (AvgIpc) is 3.15. The van der Waals surface area contributed by atoms with E-state index in [0.29, 0.717) is 56.8 Å². The van der Waals surface area contributed by atoms with Crippen molar-refractivity contribution in [1.82, 2.24) is 30.1 Å². The monoisotopic (exact) mass is 462 g/mol. The van der Waals surface area contributed by atoms with E-state index in [1.807, 2.05) is 23.6 Å². The molecule has 11 nitrogen and oxygen atoms in total. The summed E-state index contributed by atoms with van der Waals surface area (Å²) in [5, 5.41) is 19.0. The summed E-state index contributed by atoms with van der Waals surface area (Å²) >= 11 is 5.84. The first-order valence-corrected chi connectivity index (χ1v) is 11.0. The van der Waals surface area contributed by atoms with Crippen LogP contribution in [0.3, 0.4) is 0 Å². The second-order valence-electron chi connectivity index (χ2n) is 7.86. The lowest BCUT2D eigenvalue weighted by molar-refractivity contribution is -0.132. The summed E-state index contributed by atoms with van der Waals surface area (Å²) in [6, 6.07) is -0.0628. The molecular weight excluding hydrogens is 436 g/mol. The fraction of sp³-hybridized carbons (Fsp3) is 0.550. The van der Waals surface area contributed by atoms with E-state index in [1.54, 1.807) is 23.3 Å². The van der Waals surface area contributed by atoms with Gasteiger partial charge in [-0.25, -0.2) is 9.97 Å². The summed E-state index contributed by atoms with van der Waals surface area (Å²) in [6.45, 7) is 7.17. The number of carbonyl (C=O) groups is 1. The van der Waals surface area contributed by atoms with Crippen LogP contribution in [-0.2, 0) is 9.53 Å². The fourth-order valence-corrected chi connectivity index (χ4v) is 3.98. The Balaban J connectivity index is 1.20. The average molecular weight is 463 g/mol. The molecule has 1 saturated heterocycles. The minimum atomic E-state index is -0.860. The van der Waals surface area contributed by atoms with Crippen molar-refractivity contribution in [2.75, 3.05) is 44.3 Å². The molecule has 2 aliphatic rings. The van der Waals surface area contributed by atoms with Crippen LogP contribution in [0.25, 0.3) is 0 Å². The third-order valence-corrected chi connectivity index (χ3v) is 5.78. The number of amides is 1. The number of aliphatic hydroxyl groups is 1. The van der Waals surface area contributed by atoms with Crippen LogP contribution in [0.15, 0.2) is 17.5 Å². The van der Waals surface area contributed by atoms with Crippen LogP contribution >= 0.6 is 11.6 Å². The molecule has 4 heterocycles. The van der Waals surface area contributed by atoms with Gasteiger partial charge in [-0.1, -0.05) is 11.6 Å². The lowest BCUT2D eigenvalue weighted by Crippen LogP contribution is -2.49. The zero-order valence-corrected chi connectivity index (χ0v) is 18.9. The molecule has 0 saturated carbocycles. The number of nitrogens with one attached hydrogen (secondary N) is 1. The Labute approximate surface area is 191 Å². The van der Waals surface area contributed by atoms with Gasteiger partial charge >= 0.3 is 0 Å². The van der Waals surface area contributed by atoms with Gasteiger partial charge in [0.2, 0.25) is 11.9 Å². The molecule has 0 bridgehead atoms. The summed E-state index contributed by atoms with van der Waals surface area (Å²) in [7, 11) is 0. The van der Waals surface area contributed by atoms with Gasteiger partial charge in [-0.2, -0.15) is 10.2 Å². The van der Waals surface area contributed by atoms with Crippen molar-refractivity contribution in [1.29, 1.82) is 0 Å². The van der Waals surface area contributed by atoms with Crippen molar-refractivity contribution in [3.8, 4) is 0 Å². The highest BCUT2D eigenvalue weighted by atomic mass is 35.5. The van der Waals surface area contributed by atoms with Crippen LogP contribution in [0.4, 0.5) is 5.95 Å². The van der Waals surface area contributed by atoms with Gasteiger partial charge in [-0.05, 0) is 13.8 Å². The number of hydrogen-bond donors (Lipinski definition) is 2. The van der Waals surface area contributed by atoms with E-state index in [0.717, 1.165) is 17.0 Å². The highest BCUT2D eigenvalue weighted by molar-refractivity contribution is 6.30. The number of piperazine rings is 1. The third-order valence-electron chi connectivity index (χ3n) is 5.59. The molecule has 0 radical (unpaired) electrons. The van der Waals surface area contributed by atoms with Crippen LogP contribution in [0.2, 0.25) is 5.02 Å². The lowest BCUT2D eigenvalue weighted by atomic mass is 10.1. The summed E-state index contributed by atoms with van der Waals surface area (Å²) < 4.78 is 7.57. The number of fused-ring (bicyclic) bond motifs is 1. The molecule has 2 aromatic heterocycles. The van der Waals surface area contributed by atoms with Gasteiger partial charge in [0.15, 0.2) is 6.23 Å². The molecule has 0 aliphatic carbocycles. The Morgan fingerprint density at radius 1 is 1.31 bits per heavy atom. The first kappa shape index (κ1) is 22.4. The minimum Gasteiger partial charge on any atom is -0.379 e. The van der Waals surface area contributed by atoms with Crippen LogP contribution in [0.5, 0.6) is 0 Å². The van der Waals surface area contributed by atoms with Crippen molar-refractivity contribution in [3.05, 3.63) is 34.4 Å². The minimum absolute atomic E-state index is 0.0628. The molecule has 4 rings (SSSR count). The molecule has 2 atom stereocenters. The van der Waals surface area contributed by atoms with E-state index >= 15 is 0 Å². The van der Waals surface area contributed by atoms with Crippen LogP contribution < -0.4 is 10.3 Å². The molecule has 2 N–H and O–H groups in total. The van der Waals surface area contributed by atoms with E-state index in [9.17, 15) is 9.90 Å². The normalized spacial score (nSPS) is 18.9. The lowest BCUT2D eigenvalue weighted by Gasteiger charge is -2.34. The smallest absolute Gasteiger partial charge is 0.225 e. The van der Waals surface area contributed by atoms with E-state index in [2.05, 4.69) is 25.6 Å². The number of rotatable bonds is 7. The number of carbonyl (C=O) groups excluding carboxylic acids is 1. The van der Waals surface area contributed by atoms with Crippen LogP contribution in [0, 0.1) is 6.92 Å². The summed E-state index contributed by atoms with van der Waals surface area (Å²) in [4.78, 5) is 24.9. The van der Waals surface area contributed by atoms with E-state index < -0.39 is 6.23 Å². The van der Waals surface area contributed by atoms with Gasteiger partial charge in [-0.3, -0.25) is 14.9 Å². The Kier molecular flexibility index (Phi) is 6.87. The molecule has 12 heteroatoms. The fourth-order valence-electron chi connectivity index (χ4n) is 3.88. The molecule has 0 spiro atoms. The molecule has 1 amide bonds. The number of aromatic nitrogens is 4. The maximum absolute atomic E-state index is 12.5. The van der Waals surface area contributed by atoms with E-state index in [4.69, 9.17) is 16.3 Å². The number of halogens is 1. The SMILES string of the molecule is Cc1nn(C(C)COCCC(=O)N2CCN(c3ncc(Cl)cn3)CC2)c2c1C(O)NN=C2. The second kappa shape index (κ2) is 9.80. The van der Waals surface area contributed by atoms with Crippen molar-refractivity contribution < 1.29 is 14.6 Å². The number of anilines is 1. The molecule has 2 aliphatic heterocycles. The molecule has 0 aromatic carbocycles. The van der Waals surface area contributed by atoms with Crippen molar-refractivity contribution >= 4 is 29.7 Å². The number of ether oxygens (including phenoxy) is 1. The molecule has 1 fully saturated rings. The highest BCUT2D eigenvalue weighted by Gasteiger charge is 2.26. The van der Waals surface area contributed by atoms with E-state index in [-0.39, 0.29) is 11.9 Å². The molecule has 2 unspecified atom stereocenters. The first-order valence-electron chi connectivity index (χ1n) is 10.6. The summed E-state index contributed by atoms with van der Waals surface area (Å²) in [5.74, 6) is 0.700. The standard InChI is InChI=1S/C20H27ClN8O3/c1-13(29-16-11-24-25-19(31)18(16)14(2)26-29)12-32-8-3-17(30)27-4-6-28(7-5-27)20-22-9-15(21)10-23-20/h9-11,13,19,25,31H,3-8,12H2,1-2H3. The Hall–Kier alpha value is -2.76. The van der Waals surface area contributed by atoms with Crippen molar-refractivity contribution in [2.24, 2.45) is 5.10 Å². The predicted molar refractivity (Wildman–Crippen MR) is 119 cm³/mol. The molecule has 2 aromatic rings. The van der Waals surface area contributed by atoms with Crippen molar-refractivity contribution in [3.63, 3.8) is 0 Å². The zero-order chi connectivity index (χ0) is 22.7. The van der Waals surface area contributed by atoms with Crippen molar-refractivity contribution in [2.45, 2.75) is 32.5 Å². The maximum Gasteiger partial charge on any atom is 0.225 e.